The van der Waals surface area contributed by atoms with Crippen molar-refractivity contribution in [3.63, 3.8) is 0 Å². The van der Waals surface area contributed by atoms with E-state index in [1.807, 2.05) is 29.5 Å². The molecule has 2 aromatic rings. The molecule has 9 heteroatoms. The predicted octanol–water partition coefficient (Wildman–Crippen LogP) is 3.77. The van der Waals surface area contributed by atoms with E-state index >= 15 is 0 Å². The first-order chi connectivity index (χ1) is 14.8. The van der Waals surface area contributed by atoms with Crippen molar-refractivity contribution < 1.29 is 24.2 Å². The van der Waals surface area contributed by atoms with E-state index in [1.54, 1.807) is 57.4 Å². The minimum atomic E-state index is -0.932. The minimum absolute atomic E-state index is 0.0544. The Morgan fingerprint density at radius 3 is 2.45 bits per heavy atom. The predicted molar refractivity (Wildman–Crippen MR) is 128 cm³/mol. The average molecular weight is 539 g/mol. The number of hydrazone groups is 1. The van der Waals surface area contributed by atoms with Crippen LogP contribution < -0.4 is 20.2 Å². The molecule has 0 bridgehead atoms. The van der Waals surface area contributed by atoms with Gasteiger partial charge in [0.25, 0.3) is 5.91 Å². The summed E-state index contributed by atoms with van der Waals surface area (Å²) >= 11 is 1.98. The minimum Gasteiger partial charge on any atom is -0.504 e. The quantitative estimate of drug-likeness (QED) is 0.195. The van der Waals surface area contributed by atoms with Gasteiger partial charge in [-0.1, -0.05) is 13.8 Å². The van der Waals surface area contributed by atoms with Crippen molar-refractivity contribution in [2.45, 2.75) is 20.8 Å². The Morgan fingerprint density at radius 1 is 1.19 bits per heavy atom. The number of phenolic OH excluding ortho intramolecular Hbond substituents is 1. The summed E-state index contributed by atoms with van der Waals surface area (Å²) in [5.74, 6) is -1.06. The summed E-state index contributed by atoms with van der Waals surface area (Å²) in [6.45, 7) is 5.80. The highest BCUT2D eigenvalue weighted by Gasteiger charge is 2.30. The van der Waals surface area contributed by atoms with Crippen LogP contribution in [0.15, 0.2) is 41.5 Å². The number of benzene rings is 2. The molecule has 0 radical (unpaired) electrons. The molecule has 2 amide bonds. The fraction of sp³-hybridized carbons (Fsp3) is 0.318. The zero-order valence-electron chi connectivity index (χ0n) is 17.8. The van der Waals surface area contributed by atoms with Crippen LogP contribution in [-0.2, 0) is 9.59 Å². The summed E-state index contributed by atoms with van der Waals surface area (Å²) < 4.78 is 11.1. The molecular weight excluding hydrogens is 513 g/mol. The van der Waals surface area contributed by atoms with Crippen molar-refractivity contribution >= 4 is 46.3 Å². The smallest absolute Gasteiger partial charge is 0.252 e. The van der Waals surface area contributed by atoms with Crippen molar-refractivity contribution in [1.82, 2.24) is 5.43 Å². The number of anilines is 1. The number of phenols is 1. The molecule has 1 atom stereocenters. The molecule has 31 heavy (non-hydrogen) atoms. The number of aromatic hydroxyl groups is 1. The molecule has 0 saturated carbocycles. The van der Waals surface area contributed by atoms with Gasteiger partial charge in [0, 0.05) is 5.69 Å². The number of ether oxygens (including phenoxy) is 2. The van der Waals surface area contributed by atoms with Crippen LogP contribution in [0, 0.1) is 15.4 Å². The van der Waals surface area contributed by atoms with E-state index in [9.17, 15) is 14.7 Å². The highest BCUT2D eigenvalue weighted by atomic mass is 127. The summed E-state index contributed by atoms with van der Waals surface area (Å²) in [5, 5.41) is 16.7. The molecule has 0 heterocycles. The maximum absolute atomic E-state index is 12.7. The highest BCUT2D eigenvalue weighted by molar-refractivity contribution is 14.1. The Kier molecular flexibility index (Phi) is 9.10. The van der Waals surface area contributed by atoms with Gasteiger partial charge >= 0.3 is 0 Å². The van der Waals surface area contributed by atoms with Crippen molar-refractivity contribution in [3.8, 4) is 17.2 Å². The van der Waals surface area contributed by atoms with Crippen LogP contribution in [0.2, 0.25) is 0 Å². The second-order valence-corrected chi connectivity index (χ2v) is 8.12. The normalized spacial score (nSPS) is 11.9. The Hall–Kier alpha value is -2.82. The number of carbonyl (C=O) groups excluding carboxylic acids is 2. The summed E-state index contributed by atoms with van der Waals surface area (Å²) in [7, 11) is 1.56. The SMILES string of the molecule is CCOc1cc(C=NNC(=O)C(C(=O)Nc2ccc(OC)cc2)C(C)C)cc(I)c1O. The van der Waals surface area contributed by atoms with Crippen LogP contribution in [0.4, 0.5) is 5.69 Å². The largest absolute Gasteiger partial charge is 0.504 e. The molecule has 2 aromatic carbocycles. The fourth-order valence-corrected chi connectivity index (χ4v) is 3.42. The van der Waals surface area contributed by atoms with E-state index in [1.165, 1.54) is 6.21 Å². The second-order valence-electron chi connectivity index (χ2n) is 6.96. The number of carbonyl (C=O) groups is 2. The van der Waals surface area contributed by atoms with Crippen LogP contribution in [-0.4, -0.2) is 36.9 Å². The van der Waals surface area contributed by atoms with E-state index in [4.69, 9.17) is 9.47 Å². The maximum atomic E-state index is 12.7. The fourth-order valence-electron chi connectivity index (χ4n) is 2.79. The Balaban J connectivity index is 2.07. The van der Waals surface area contributed by atoms with E-state index in [2.05, 4.69) is 15.8 Å². The van der Waals surface area contributed by atoms with Gasteiger partial charge in [-0.05, 0) is 77.4 Å². The van der Waals surface area contributed by atoms with E-state index < -0.39 is 17.7 Å². The molecule has 0 aliphatic carbocycles. The van der Waals surface area contributed by atoms with Gasteiger partial charge in [0.2, 0.25) is 5.91 Å². The van der Waals surface area contributed by atoms with Gasteiger partial charge in [-0.25, -0.2) is 5.43 Å². The lowest BCUT2D eigenvalue weighted by Gasteiger charge is -2.18. The lowest BCUT2D eigenvalue weighted by atomic mass is 9.94. The molecule has 0 saturated heterocycles. The third kappa shape index (κ3) is 6.84. The van der Waals surface area contributed by atoms with Gasteiger partial charge in [-0.15, -0.1) is 0 Å². The lowest BCUT2D eigenvalue weighted by Crippen LogP contribution is -2.39. The molecule has 0 spiro atoms. The first kappa shape index (κ1) is 24.4. The van der Waals surface area contributed by atoms with Crippen LogP contribution in [0.1, 0.15) is 26.3 Å². The van der Waals surface area contributed by atoms with E-state index in [0.717, 1.165) is 0 Å². The number of methoxy groups -OCH3 is 1. The van der Waals surface area contributed by atoms with Crippen molar-refractivity contribution in [2.75, 3.05) is 19.0 Å². The molecule has 166 valence electrons. The number of hydrogen-bond acceptors (Lipinski definition) is 6. The van der Waals surface area contributed by atoms with Crippen molar-refractivity contribution in [2.24, 2.45) is 16.9 Å². The van der Waals surface area contributed by atoms with Gasteiger partial charge in [-0.3, -0.25) is 9.59 Å². The zero-order valence-corrected chi connectivity index (χ0v) is 20.0. The third-order valence-electron chi connectivity index (χ3n) is 4.33. The molecule has 0 fully saturated rings. The number of amides is 2. The highest BCUT2D eigenvalue weighted by Crippen LogP contribution is 2.32. The van der Waals surface area contributed by atoms with Gasteiger partial charge in [-0.2, -0.15) is 5.10 Å². The first-order valence-corrected chi connectivity index (χ1v) is 10.8. The summed E-state index contributed by atoms with van der Waals surface area (Å²) in [6, 6.07) is 10.2. The third-order valence-corrected chi connectivity index (χ3v) is 5.15. The Morgan fingerprint density at radius 2 is 1.87 bits per heavy atom. The Labute approximate surface area is 195 Å². The number of hydrogen-bond donors (Lipinski definition) is 3. The number of rotatable bonds is 9. The second kappa shape index (κ2) is 11.5. The average Bonchev–Trinajstić information content (AvgIpc) is 2.72. The number of nitrogens with zero attached hydrogens (tertiary/aromatic N) is 1. The molecular formula is C22H26IN3O5. The van der Waals surface area contributed by atoms with Gasteiger partial charge in [0.1, 0.15) is 11.7 Å². The monoisotopic (exact) mass is 539 g/mol. The van der Waals surface area contributed by atoms with Crippen LogP contribution in [0.3, 0.4) is 0 Å². The van der Waals surface area contributed by atoms with Gasteiger partial charge in [0.15, 0.2) is 11.5 Å². The zero-order chi connectivity index (χ0) is 23.0. The molecule has 3 N–H and O–H groups in total. The summed E-state index contributed by atoms with van der Waals surface area (Å²) in [6.07, 6.45) is 1.43. The first-order valence-electron chi connectivity index (χ1n) is 9.70. The lowest BCUT2D eigenvalue weighted by molar-refractivity contribution is -0.134. The summed E-state index contributed by atoms with van der Waals surface area (Å²) in [5.41, 5.74) is 3.63. The summed E-state index contributed by atoms with van der Waals surface area (Å²) in [4.78, 5) is 25.3. The molecule has 1 unspecified atom stereocenters. The maximum Gasteiger partial charge on any atom is 0.252 e. The van der Waals surface area contributed by atoms with E-state index in [-0.39, 0.29) is 11.7 Å². The van der Waals surface area contributed by atoms with Gasteiger partial charge in [0.05, 0.1) is 23.5 Å². The molecule has 0 aliphatic heterocycles. The van der Waals surface area contributed by atoms with Crippen LogP contribution in [0.5, 0.6) is 17.2 Å². The van der Waals surface area contributed by atoms with Crippen molar-refractivity contribution in [3.05, 3.63) is 45.5 Å². The number of halogens is 1. The molecule has 2 rings (SSSR count). The topological polar surface area (TPSA) is 109 Å². The molecule has 0 aliphatic rings. The standard InChI is InChI=1S/C22H26IN3O5/c1-5-31-18-11-14(10-17(23)20(18)27)12-24-26-22(29)19(13(2)3)21(28)25-15-6-8-16(30-4)9-7-15/h6-13,19,27H,5H2,1-4H3,(H,25,28)(H,26,29). The Bertz CT molecular complexity index is 945. The van der Waals surface area contributed by atoms with Crippen LogP contribution in [0.25, 0.3) is 0 Å². The van der Waals surface area contributed by atoms with Gasteiger partial charge < -0.3 is 19.9 Å². The molecule has 0 aromatic heterocycles. The van der Waals surface area contributed by atoms with Crippen molar-refractivity contribution in [1.29, 1.82) is 0 Å². The van der Waals surface area contributed by atoms with E-state index in [0.29, 0.717) is 32.9 Å². The number of nitrogens with one attached hydrogen (secondary N) is 2. The molecule has 8 nitrogen and oxygen atoms in total. The van der Waals surface area contributed by atoms with Crippen LogP contribution >= 0.6 is 22.6 Å².